The Kier molecular flexibility index (Phi) is 1.48. The van der Waals surface area contributed by atoms with E-state index in [4.69, 9.17) is 0 Å². The highest BCUT2D eigenvalue weighted by Crippen LogP contribution is 2.63. The van der Waals surface area contributed by atoms with Crippen LogP contribution in [0.2, 0.25) is 0 Å². The monoisotopic (exact) mass is 139 g/mol. The predicted molar refractivity (Wildman–Crippen MR) is 42.9 cm³/mol. The molecule has 0 amide bonds. The van der Waals surface area contributed by atoms with Crippen molar-refractivity contribution >= 4 is 0 Å². The molecule has 0 radical (unpaired) electrons. The van der Waals surface area contributed by atoms with E-state index in [1.807, 2.05) is 0 Å². The average Bonchev–Trinajstić information content (AvgIpc) is 2.59. The summed E-state index contributed by atoms with van der Waals surface area (Å²) in [5, 5.41) is 3.42. The van der Waals surface area contributed by atoms with Crippen molar-refractivity contribution in [1.29, 1.82) is 0 Å². The summed E-state index contributed by atoms with van der Waals surface area (Å²) in [4.78, 5) is 0. The van der Waals surface area contributed by atoms with Gasteiger partial charge in [0.2, 0.25) is 0 Å². The molecule has 0 aromatic carbocycles. The summed E-state index contributed by atoms with van der Waals surface area (Å²) >= 11 is 0. The molecule has 1 heteroatoms. The second kappa shape index (κ2) is 2.23. The molecule has 1 N–H and O–H groups in total. The molecular weight excluding hydrogens is 122 g/mol. The van der Waals surface area contributed by atoms with Gasteiger partial charge in [-0.25, -0.2) is 0 Å². The van der Waals surface area contributed by atoms with E-state index in [1.54, 1.807) is 0 Å². The van der Waals surface area contributed by atoms with Crippen molar-refractivity contribution < 1.29 is 0 Å². The molecule has 1 spiro atoms. The molecule has 10 heavy (non-hydrogen) atoms. The first kappa shape index (κ1) is 6.66. The largest absolute Gasteiger partial charge is 0.317 e. The van der Waals surface area contributed by atoms with Gasteiger partial charge in [-0.2, -0.15) is 0 Å². The fraction of sp³-hybridized carbons (Fsp3) is 1.00. The molecule has 0 heterocycles. The van der Waals surface area contributed by atoms with Gasteiger partial charge in [0.25, 0.3) is 0 Å². The van der Waals surface area contributed by atoms with Crippen molar-refractivity contribution in [3.8, 4) is 0 Å². The summed E-state index contributed by atoms with van der Waals surface area (Å²) in [6.45, 7) is 4.60. The van der Waals surface area contributed by atoms with Crippen LogP contribution in [-0.4, -0.2) is 13.1 Å². The summed E-state index contributed by atoms with van der Waals surface area (Å²) in [5.74, 6) is 1.03. The Labute approximate surface area is 63.2 Å². The van der Waals surface area contributed by atoms with E-state index < -0.39 is 0 Å². The molecule has 0 aliphatic heterocycles. The zero-order chi connectivity index (χ0) is 7.03. The molecule has 2 aliphatic rings. The first-order valence-corrected chi connectivity index (χ1v) is 4.55. The maximum Gasteiger partial charge on any atom is -0.00202 e. The first-order valence-electron chi connectivity index (χ1n) is 4.55. The van der Waals surface area contributed by atoms with Crippen LogP contribution in [0.4, 0.5) is 0 Å². The van der Waals surface area contributed by atoms with Crippen molar-refractivity contribution in [1.82, 2.24) is 5.32 Å². The first-order chi connectivity index (χ1) is 4.85. The van der Waals surface area contributed by atoms with Gasteiger partial charge in [0.1, 0.15) is 0 Å². The lowest BCUT2D eigenvalue weighted by Crippen LogP contribution is -2.33. The van der Waals surface area contributed by atoms with Crippen LogP contribution in [0.3, 0.4) is 0 Å². The van der Waals surface area contributed by atoms with Crippen molar-refractivity contribution in [3.63, 3.8) is 0 Å². The van der Waals surface area contributed by atoms with Crippen LogP contribution in [0.1, 0.15) is 32.6 Å². The Hall–Kier alpha value is -0.0400. The summed E-state index contributed by atoms with van der Waals surface area (Å²) in [5.41, 5.74) is 0.903. The summed E-state index contributed by atoms with van der Waals surface area (Å²) in [6, 6.07) is 0. The van der Waals surface area contributed by atoms with Crippen molar-refractivity contribution in [2.75, 3.05) is 13.1 Å². The third kappa shape index (κ3) is 1.07. The molecule has 0 saturated heterocycles. The molecule has 0 aromatic heterocycles. The highest BCUT2D eigenvalue weighted by molar-refractivity contribution is 5.03. The third-order valence-electron chi connectivity index (χ3n) is 3.08. The second-order valence-electron chi connectivity index (χ2n) is 4.08. The van der Waals surface area contributed by atoms with Crippen LogP contribution < -0.4 is 5.32 Å². The maximum atomic E-state index is 3.42. The Balaban J connectivity index is 1.61. The molecular formula is C9H17N. The number of nitrogens with one attached hydrogen (secondary N) is 1. The average molecular weight is 139 g/mol. The lowest BCUT2D eigenvalue weighted by molar-refractivity contribution is 0.166. The molecule has 58 valence electrons. The van der Waals surface area contributed by atoms with E-state index in [0.717, 1.165) is 17.9 Å². The molecule has 2 fully saturated rings. The molecule has 2 aliphatic carbocycles. The zero-order valence-corrected chi connectivity index (χ0v) is 6.82. The van der Waals surface area contributed by atoms with Gasteiger partial charge in [-0.05, 0) is 50.1 Å². The van der Waals surface area contributed by atoms with Gasteiger partial charge in [-0.15, -0.1) is 0 Å². The molecule has 1 nitrogen and oxygen atoms in total. The molecule has 0 unspecified atom stereocenters. The molecule has 0 atom stereocenters. The van der Waals surface area contributed by atoms with E-state index >= 15 is 0 Å². The Morgan fingerprint density at radius 1 is 1.40 bits per heavy atom. The minimum absolute atomic E-state index is 0.903. The highest BCUT2D eigenvalue weighted by Gasteiger charge is 2.52. The van der Waals surface area contributed by atoms with E-state index in [2.05, 4.69) is 12.2 Å². The second-order valence-corrected chi connectivity index (χ2v) is 4.08. The number of hydrogen-bond acceptors (Lipinski definition) is 1. The van der Waals surface area contributed by atoms with Crippen LogP contribution in [-0.2, 0) is 0 Å². The highest BCUT2D eigenvalue weighted by atomic mass is 14.9. The summed E-state index contributed by atoms with van der Waals surface area (Å²) in [7, 11) is 0. The Morgan fingerprint density at radius 3 is 2.60 bits per heavy atom. The molecule has 2 saturated carbocycles. The fourth-order valence-electron chi connectivity index (χ4n) is 2.24. The van der Waals surface area contributed by atoms with Gasteiger partial charge in [0.05, 0.1) is 0 Å². The minimum atomic E-state index is 0.903. The van der Waals surface area contributed by atoms with Crippen LogP contribution in [0, 0.1) is 11.3 Å². The van der Waals surface area contributed by atoms with Gasteiger partial charge in [-0.1, -0.05) is 6.92 Å². The van der Waals surface area contributed by atoms with Crippen LogP contribution >= 0.6 is 0 Å². The summed E-state index contributed by atoms with van der Waals surface area (Å²) < 4.78 is 0. The van der Waals surface area contributed by atoms with E-state index in [1.165, 1.54) is 32.2 Å². The van der Waals surface area contributed by atoms with E-state index in [0.29, 0.717) is 0 Å². The topological polar surface area (TPSA) is 12.0 Å². The van der Waals surface area contributed by atoms with Gasteiger partial charge in [-0.3, -0.25) is 0 Å². The van der Waals surface area contributed by atoms with Gasteiger partial charge in [0.15, 0.2) is 0 Å². The van der Waals surface area contributed by atoms with Crippen molar-refractivity contribution in [3.05, 3.63) is 0 Å². The van der Waals surface area contributed by atoms with Gasteiger partial charge in [0, 0.05) is 0 Å². The molecule has 0 bridgehead atoms. The van der Waals surface area contributed by atoms with Crippen molar-refractivity contribution in [2.24, 2.45) is 11.3 Å². The molecule has 2 rings (SSSR count). The normalized spacial score (nSPS) is 28.5. The quantitative estimate of drug-likeness (QED) is 0.628. The van der Waals surface area contributed by atoms with Crippen molar-refractivity contribution in [2.45, 2.75) is 32.6 Å². The Morgan fingerprint density at radius 2 is 2.10 bits per heavy atom. The fourth-order valence-corrected chi connectivity index (χ4v) is 2.24. The smallest absolute Gasteiger partial charge is 0.00202 e. The third-order valence-corrected chi connectivity index (χ3v) is 3.08. The van der Waals surface area contributed by atoms with Crippen LogP contribution in [0.25, 0.3) is 0 Å². The maximum absolute atomic E-state index is 3.42. The van der Waals surface area contributed by atoms with E-state index in [9.17, 15) is 0 Å². The number of hydrogen-bond donors (Lipinski definition) is 1. The summed E-state index contributed by atoms with van der Waals surface area (Å²) in [6.07, 6.45) is 6.13. The van der Waals surface area contributed by atoms with Gasteiger partial charge < -0.3 is 5.32 Å². The predicted octanol–water partition coefficient (Wildman–Crippen LogP) is 1.79. The Bertz CT molecular complexity index is 119. The standard InChI is InChI=1S/C9H17N/c1-2-10-7-8-5-9(6-8)3-4-9/h8,10H,2-7H2,1H3. The van der Waals surface area contributed by atoms with E-state index in [-0.39, 0.29) is 0 Å². The molecule has 0 aromatic rings. The van der Waals surface area contributed by atoms with Gasteiger partial charge >= 0.3 is 0 Å². The van der Waals surface area contributed by atoms with Crippen LogP contribution in [0.15, 0.2) is 0 Å². The SMILES string of the molecule is CCNCC1CC2(CC2)C1. The minimum Gasteiger partial charge on any atom is -0.317 e. The lowest BCUT2D eigenvalue weighted by Gasteiger charge is -2.35. The lowest BCUT2D eigenvalue weighted by atomic mass is 9.72. The van der Waals surface area contributed by atoms with Crippen LogP contribution in [0.5, 0.6) is 0 Å². The number of rotatable bonds is 3. The zero-order valence-electron chi connectivity index (χ0n) is 6.82.